The molecule has 0 aliphatic heterocycles. The molecule has 0 saturated heterocycles. The Morgan fingerprint density at radius 2 is 2.24 bits per heavy atom. The number of aromatic nitrogens is 4. The summed E-state index contributed by atoms with van der Waals surface area (Å²) >= 11 is 3.29. The molecule has 3 N–H and O–H groups in total. The van der Waals surface area contributed by atoms with E-state index in [1.165, 1.54) is 4.52 Å². The summed E-state index contributed by atoms with van der Waals surface area (Å²) in [5.74, 6) is 0.600. The van der Waals surface area contributed by atoms with Crippen LogP contribution in [-0.4, -0.2) is 38.1 Å². The van der Waals surface area contributed by atoms with Crippen LogP contribution in [0.3, 0.4) is 0 Å². The van der Waals surface area contributed by atoms with E-state index in [4.69, 9.17) is 5.73 Å². The van der Waals surface area contributed by atoms with Gasteiger partial charge in [0.15, 0.2) is 0 Å². The molecule has 0 bridgehead atoms. The second kappa shape index (κ2) is 7.67. The van der Waals surface area contributed by atoms with E-state index >= 15 is 0 Å². The van der Waals surface area contributed by atoms with Gasteiger partial charge in [-0.05, 0) is 28.3 Å². The van der Waals surface area contributed by atoms with Gasteiger partial charge in [-0.15, -0.1) is 17.5 Å². The van der Waals surface area contributed by atoms with Gasteiger partial charge in [-0.3, -0.25) is 4.79 Å². The van der Waals surface area contributed by atoms with Crippen molar-refractivity contribution in [3.63, 3.8) is 0 Å². The number of amides is 1. The fraction of sp³-hybridized carbons (Fsp3) is 0.500. The molecule has 2 aromatic rings. The zero-order chi connectivity index (χ0) is 14.7. The summed E-state index contributed by atoms with van der Waals surface area (Å²) in [7, 11) is 0. The Hall–Kier alpha value is -1.25. The fourth-order valence-corrected chi connectivity index (χ4v) is 2.18. The first-order valence-corrected chi connectivity index (χ1v) is 7.17. The standard InChI is InChI=1S/C12H17BrN6O.ClH/c1-7(2)3-9(4-14)16-11(20)10-17-12-15-5-8(13)6-19(12)18-10;/h5-7,9H,3-4,14H2,1-2H3,(H,16,20);1H. The summed E-state index contributed by atoms with van der Waals surface area (Å²) in [5.41, 5.74) is 5.66. The minimum atomic E-state index is -0.331. The van der Waals surface area contributed by atoms with Crippen LogP contribution in [0.15, 0.2) is 16.9 Å². The number of halogens is 2. The van der Waals surface area contributed by atoms with Crippen LogP contribution in [0.1, 0.15) is 30.9 Å². The lowest BCUT2D eigenvalue weighted by atomic mass is 10.0. The first-order chi connectivity index (χ1) is 9.49. The lowest BCUT2D eigenvalue weighted by molar-refractivity contribution is 0.0923. The average molecular weight is 378 g/mol. The third-order valence-corrected chi connectivity index (χ3v) is 3.15. The van der Waals surface area contributed by atoms with Crippen LogP contribution in [0.2, 0.25) is 0 Å². The molecule has 2 heterocycles. The van der Waals surface area contributed by atoms with Crippen molar-refractivity contribution in [2.45, 2.75) is 26.3 Å². The summed E-state index contributed by atoms with van der Waals surface area (Å²) in [6, 6.07) is -0.0752. The maximum Gasteiger partial charge on any atom is 0.291 e. The number of carbonyl (C=O) groups is 1. The summed E-state index contributed by atoms with van der Waals surface area (Å²) in [6.45, 7) is 4.56. The zero-order valence-corrected chi connectivity index (χ0v) is 14.2. The van der Waals surface area contributed by atoms with Gasteiger partial charge in [0.1, 0.15) is 0 Å². The molecular weight excluding hydrogens is 360 g/mol. The number of nitrogens with one attached hydrogen (secondary N) is 1. The van der Waals surface area contributed by atoms with Crippen LogP contribution in [0.5, 0.6) is 0 Å². The normalized spacial score (nSPS) is 12.2. The SMILES string of the molecule is CC(C)CC(CN)NC(=O)c1nc2ncc(Br)cn2n1.Cl. The van der Waals surface area contributed by atoms with Gasteiger partial charge in [0, 0.05) is 25.0 Å². The Kier molecular flexibility index (Phi) is 6.50. The minimum absolute atomic E-state index is 0. The molecular formula is C12H18BrClN6O. The third-order valence-electron chi connectivity index (χ3n) is 2.74. The molecule has 2 rings (SSSR count). The monoisotopic (exact) mass is 376 g/mol. The van der Waals surface area contributed by atoms with Crippen molar-refractivity contribution in [2.24, 2.45) is 11.7 Å². The van der Waals surface area contributed by atoms with Crippen molar-refractivity contribution in [3.8, 4) is 0 Å². The maximum atomic E-state index is 12.1. The number of fused-ring (bicyclic) bond motifs is 1. The first kappa shape index (κ1) is 17.8. The molecule has 1 atom stereocenters. The molecule has 0 aliphatic carbocycles. The van der Waals surface area contributed by atoms with Gasteiger partial charge in [0.05, 0.1) is 4.47 Å². The van der Waals surface area contributed by atoms with Crippen molar-refractivity contribution >= 4 is 40.0 Å². The highest BCUT2D eigenvalue weighted by Gasteiger charge is 2.18. The number of hydrogen-bond acceptors (Lipinski definition) is 5. The summed E-state index contributed by atoms with van der Waals surface area (Å²) in [5, 5.41) is 6.95. The Labute approximate surface area is 137 Å². The molecule has 0 fully saturated rings. The predicted molar refractivity (Wildman–Crippen MR) is 85.5 cm³/mol. The van der Waals surface area contributed by atoms with E-state index in [9.17, 15) is 4.79 Å². The van der Waals surface area contributed by atoms with Gasteiger partial charge in [-0.25, -0.2) is 9.50 Å². The summed E-state index contributed by atoms with van der Waals surface area (Å²) < 4.78 is 2.22. The Morgan fingerprint density at radius 3 is 2.86 bits per heavy atom. The van der Waals surface area contributed by atoms with Crippen LogP contribution >= 0.6 is 28.3 Å². The highest BCUT2D eigenvalue weighted by molar-refractivity contribution is 9.10. The number of nitrogens with two attached hydrogens (primary N) is 1. The van der Waals surface area contributed by atoms with Gasteiger partial charge in [-0.1, -0.05) is 13.8 Å². The van der Waals surface area contributed by atoms with E-state index < -0.39 is 0 Å². The molecule has 0 spiro atoms. The van der Waals surface area contributed by atoms with Gasteiger partial charge in [-0.2, -0.15) is 4.98 Å². The molecule has 116 valence electrons. The van der Waals surface area contributed by atoms with E-state index in [1.807, 2.05) is 0 Å². The topological polar surface area (TPSA) is 98.2 Å². The van der Waals surface area contributed by atoms with Crippen molar-refractivity contribution < 1.29 is 4.79 Å². The van der Waals surface area contributed by atoms with Crippen molar-refractivity contribution in [2.75, 3.05) is 6.54 Å². The number of nitrogens with zero attached hydrogens (tertiary/aromatic N) is 4. The Bertz CT molecular complexity index is 617. The highest BCUT2D eigenvalue weighted by Crippen LogP contribution is 2.08. The van der Waals surface area contributed by atoms with E-state index in [-0.39, 0.29) is 30.2 Å². The Morgan fingerprint density at radius 1 is 1.52 bits per heavy atom. The quantitative estimate of drug-likeness (QED) is 0.821. The molecule has 0 saturated carbocycles. The average Bonchev–Trinajstić information content (AvgIpc) is 2.80. The van der Waals surface area contributed by atoms with Gasteiger partial charge >= 0.3 is 0 Å². The second-order valence-corrected chi connectivity index (χ2v) is 5.90. The van der Waals surface area contributed by atoms with Crippen molar-refractivity contribution in [1.82, 2.24) is 24.9 Å². The smallest absolute Gasteiger partial charge is 0.291 e. The fourth-order valence-electron chi connectivity index (χ4n) is 1.89. The third kappa shape index (κ3) is 4.62. The van der Waals surface area contributed by atoms with Crippen LogP contribution in [0.4, 0.5) is 0 Å². The number of carbonyl (C=O) groups excluding carboxylic acids is 1. The summed E-state index contributed by atoms with van der Waals surface area (Å²) in [6.07, 6.45) is 4.12. The van der Waals surface area contributed by atoms with E-state index in [2.05, 4.69) is 50.2 Å². The van der Waals surface area contributed by atoms with E-state index in [0.29, 0.717) is 18.2 Å². The molecule has 0 aliphatic rings. The van der Waals surface area contributed by atoms with Crippen LogP contribution < -0.4 is 11.1 Å². The van der Waals surface area contributed by atoms with Gasteiger partial charge in [0.25, 0.3) is 11.7 Å². The van der Waals surface area contributed by atoms with Crippen molar-refractivity contribution in [1.29, 1.82) is 0 Å². The van der Waals surface area contributed by atoms with E-state index in [1.54, 1.807) is 12.4 Å². The predicted octanol–water partition coefficient (Wildman–Crippen LogP) is 1.41. The first-order valence-electron chi connectivity index (χ1n) is 6.38. The molecule has 2 aromatic heterocycles. The molecule has 1 amide bonds. The van der Waals surface area contributed by atoms with Crippen LogP contribution in [0, 0.1) is 5.92 Å². The van der Waals surface area contributed by atoms with Gasteiger partial charge in [0.2, 0.25) is 5.82 Å². The summed E-state index contributed by atoms with van der Waals surface area (Å²) in [4.78, 5) is 20.3. The molecule has 9 heteroatoms. The van der Waals surface area contributed by atoms with Crippen LogP contribution in [-0.2, 0) is 0 Å². The minimum Gasteiger partial charge on any atom is -0.345 e. The lowest BCUT2D eigenvalue weighted by Crippen LogP contribution is -2.41. The largest absolute Gasteiger partial charge is 0.345 e. The highest BCUT2D eigenvalue weighted by atomic mass is 79.9. The Balaban J connectivity index is 0.00000220. The zero-order valence-electron chi connectivity index (χ0n) is 11.8. The van der Waals surface area contributed by atoms with E-state index in [0.717, 1.165) is 10.9 Å². The number of hydrogen-bond donors (Lipinski definition) is 2. The second-order valence-electron chi connectivity index (χ2n) is 4.99. The molecule has 21 heavy (non-hydrogen) atoms. The lowest BCUT2D eigenvalue weighted by Gasteiger charge is -2.17. The van der Waals surface area contributed by atoms with Crippen molar-refractivity contribution in [3.05, 3.63) is 22.7 Å². The molecule has 7 nitrogen and oxygen atoms in total. The maximum absolute atomic E-state index is 12.1. The number of rotatable bonds is 5. The van der Waals surface area contributed by atoms with Crippen LogP contribution in [0.25, 0.3) is 5.78 Å². The molecule has 0 radical (unpaired) electrons. The molecule has 0 aromatic carbocycles. The van der Waals surface area contributed by atoms with Gasteiger partial charge < -0.3 is 11.1 Å². The molecule has 1 unspecified atom stereocenters.